The van der Waals surface area contributed by atoms with Crippen LogP contribution in [0.3, 0.4) is 0 Å². The third-order valence-corrected chi connectivity index (χ3v) is 5.03. The number of hydrogen-bond acceptors (Lipinski definition) is 3. The molecule has 0 amide bonds. The number of nitrogens with zero attached hydrogens (tertiary/aromatic N) is 2. The van der Waals surface area contributed by atoms with Gasteiger partial charge in [-0.2, -0.15) is 0 Å². The van der Waals surface area contributed by atoms with E-state index >= 15 is 0 Å². The Morgan fingerprint density at radius 2 is 1.63 bits per heavy atom. The minimum atomic E-state index is 0.760. The van der Waals surface area contributed by atoms with E-state index in [9.17, 15) is 0 Å². The summed E-state index contributed by atoms with van der Waals surface area (Å²) in [5, 5.41) is 3.58. The lowest BCUT2D eigenvalue weighted by Gasteiger charge is -2.37. The van der Waals surface area contributed by atoms with Gasteiger partial charge in [-0.15, -0.1) is 0 Å². The molecule has 1 N–H and O–H groups in total. The highest BCUT2D eigenvalue weighted by molar-refractivity contribution is 4.82. The molecule has 2 atom stereocenters. The van der Waals surface area contributed by atoms with Gasteiger partial charge in [0, 0.05) is 38.8 Å². The van der Waals surface area contributed by atoms with Crippen LogP contribution in [0.25, 0.3) is 0 Å². The molecule has 1 heterocycles. The van der Waals surface area contributed by atoms with E-state index in [4.69, 9.17) is 0 Å². The van der Waals surface area contributed by atoms with Gasteiger partial charge >= 0.3 is 0 Å². The van der Waals surface area contributed by atoms with Crippen molar-refractivity contribution >= 4 is 0 Å². The third-order valence-electron chi connectivity index (χ3n) is 5.03. The maximum atomic E-state index is 3.58. The number of rotatable bonds is 5. The summed E-state index contributed by atoms with van der Waals surface area (Å²) in [7, 11) is 2.15. The van der Waals surface area contributed by atoms with Crippen molar-refractivity contribution in [2.24, 2.45) is 5.92 Å². The molecule has 3 nitrogen and oxygen atoms in total. The molecule has 2 rings (SSSR count). The Kier molecular flexibility index (Phi) is 6.62. The van der Waals surface area contributed by atoms with Gasteiger partial charge in [0.2, 0.25) is 0 Å². The number of piperazine rings is 1. The smallest absolute Gasteiger partial charge is 0.0110 e. The average Bonchev–Trinajstić information content (AvgIpc) is 2.66. The molecule has 1 aliphatic heterocycles. The molecule has 2 fully saturated rings. The van der Waals surface area contributed by atoms with Crippen LogP contribution in [0, 0.1) is 5.92 Å². The molecular weight excluding hydrogens is 234 g/mol. The van der Waals surface area contributed by atoms with E-state index in [0.29, 0.717) is 0 Å². The van der Waals surface area contributed by atoms with Crippen LogP contribution in [-0.2, 0) is 0 Å². The third kappa shape index (κ3) is 4.73. The second-order valence-electron chi connectivity index (χ2n) is 6.44. The zero-order chi connectivity index (χ0) is 13.5. The van der Waals surface area contributed by atoms with Gasteiger partial charge in [0.15, 0.2) is 0 Å². The first kappa shape index (κ1) is 15.3. The summed E-state index contributed by atoms with van der Waals surface area (Å²) in [6.07, 6.45) is 8.42. The molecule has 2 unspecified atom stereocenters. The van der Waals surface area contributed by atoms with Crippen LogP contribution in [0.1, 0.15) is 45.4 Å². The van der Waals surface area contributed by atoms with Crippen LogP contribution >= 0.6 is 0 Å². The quantitative estimate of drug-likeness (QED) is 0.770. The van der Waals surface area contributed by atoms with Gasteiger partial charge in [-0.05, 0) is 38.8 Å². The second-order valence-corrected chi connectivity index (χ2v) is 6.44. The van der Waals surface area contributed by atoms with Crippen LogP contribution in [-0.4, -0.2) is 62.2 Å². The Hall–Kier alpha value is -0.120. The van der Waals surface area contributed by atoms with Crippen molar-refractivity contribution in [3.05, 3.63) is 0 Å². The molecule has 1 saturated heterocycles. The molecule has 1 aliphatic carbocycles. The van der Waals surface area contributed by atoms with Crippen LogP contribution < -0.4 is 5.32 Å². The molecule has 0 aromatic rings. The van der Waals surface area contributed by atoms with Gasteiger partial charge in [-0.25, -0.2) is 0 Å². The van der Waals surface area contributed by atoms with E-state index in [1.807, 2.05) is 0 Å². The molecular formula is C16H33N3. The van der Waals surface area contributed by atoms with Crippen LogP contribution in [0.5, 0.6) is 0 Å². The summed E-state index contributed by atoms with van der Waals surface area (Å²) >= 11 is 0. The van der Waals surface area contributed by atoms with Gasteiger partial charge in [-0.3, -0.25) is 0 Å². The summed E-state index contributed by atoms with van der Waals surface area (Å²) in [5.41, 5.74) is 0. The van der Waals surface area contributed by atoms with Crippen LogP contribution in [0.2, 0.25) is 0 Å². The lowest BCUT2D eigenvalue weighted by Crippen LogP contribution is -2.49. The average molecular weight is 267 g/mol. The minimum absolute atomic E-state index is 0.760. The van der Waals surface area contributed by atoms with Crippen molar-refractivity contribution in [3.8, 4) is 0 Å². The fraction of sp³-hybridized carbons (Fsp3) is 1.00. The maximum Gasteiger partial charge on any atom is 0.0110 e. The largest absolute Gasteiger partial charge is 0.317 e. The Labute approximate surface area is 119 Å². The fourth-order valence-corrected chi connectivity index (χ4v) is 3.83. The fourth-order valence-electron chi connectivity index (χ4n) is 3.83. The number of nitrogens with one attached hydrogen (secondary N) is 1. The van der Waals surface area contributed by atoms with Crippen molar-refractivity contribution in [2.45, 2.75) is 51.5 Å². The molecule has 0 bridgehead atoms. The second kappa shape index (κ2) is 8.23. The van der Waals surface area contributed by atoms with Gasteiger partial charge < -0.3 is 15.1 Å². The standard InChI is InChI=1S/C16H33N3/c1-3-9-18-10-12-19(13-11-18)14-15-7-5-4-6-8-16(15)17-2/h15-17H,3-14H2,1-2H3. The Bertz CT molecular complexity index is 236. The monoisotopic (exact) mass is 267 g/mol. The van der Waals surface area contributed by atoms with Gasteiger partial charge in [0.1, 0.15) is 0 Å². The van der Waals surface area contributed by atoms with Gasteiger partial charge in [0.25, 0.3) is 0 Å². The maximum absolute atomic E-state index is 3.58. The van der Waals surface area contributed by atoms with E-state index in [0.717, 1.165) is 12.0 Å². The molecule has 0 spiro atoms. The van der Waals surface area contributed by atoms with E-state index < -0.39 is 0 Å². The van der Waals surface area contributed by atoms with E-state index in [2.05, 4.69) is 29.1 Å². The first-order chi connectivity index (χ1) is 9.33. The lowest BCUT2D eigenvalue weighted by molar-refractivity contribution is 0.108. The zero-order valence-electron chi connectivity index (χ0n) is 13.0. The predicted octanol–water partition coefficient (Wildman–Crippen LogP) is 2.18. The number of hydrogen-bond donors (Lipinski definition) is 1. The van der Waals surface area contributed by atoms with Crippen molar-refractivity contribution in [2.75, 3.05) is 46.3 Å². The van der Waals surface area contributed by atoms with Crippen molar-refractivity contribution in [1.29, 1.82) is 0 Å². The van der Waals surface area contributed by atoms with Crippen molar-refractivity contribution in [3.63, 3.8) is 0 Å². The van der Waals surface area contributed by atoms with Crippen molar-refractivity contribution < 1.29 is 0 Å². The van der Waals surface area contributed by atoms with Crippen LogP contribution in [0.15, 0.2) is 0 Å². The molecule has 2 aliphatic rings. The molecule has 3 heteroatoms. The zero-order valence-corrected chi connectivity index (χ0v) is 13.0. The Morgan fingerprint density at radius 3 is 2.32 bits per heavy atom. The topological polar surface area (TPSA) is 18.5 Å². The first-order valence-corrected chi connectivity index (χ1v) is 8.45. The molecule has 1 saturated carbocycles. The summed E-state index contributed by atoms with van der Waals surface area (Å²) in [5.74, 6) is 0.880. The van der Waals surface area contributed by atoms with Gasteiger partial charge in [-0.1, -0.05) is 26.2 Å². The molecule has 112 valence electrons. The lowest BCUT2D eigenvalue weighted by atomic mass is 9.94. The highest BCUT2D eigenvalue weighted by atomic mass is 15.3. The summed E-state index contributed by atoms with van der Waals surface area (Å²) in [6.45, 7) is 10.0. The van der Waals surface area contributed by atoms with Crippen molar-refractivity contribution in [1.82, 2.24) is 15.1 Å². The summed E-state index contributed by atoms with van der Waals surface area (Å²) in [4.78, 5) is 5.34. The molecule has 0 radical (unpaired) electrons. The molecule has 19 heavy (non-hydrogen) atoms. The molecule has 0 aromatic heterocycles. The Balaban J connectivity index is 1.76. The van der Waals surface area contributed by atoms with Crippen LogP contribution in [0.4, 0.5) is 0 Å². The molecule has 0 aromatic carbocycles. The summed E-state index contributed by atoms with van der Waals surface area (Å²) < 4.78 is 0. The van der Waals surface area contributed by atoms with E-state index in [1.54, 1.807) is 0 Å². The first-order valence-electron chi connectivity index (χ1n) is 8.45. The summed E-state index contributed by atoms with van der Waals surface area (Å²) in [6, 6.07) is 0.760. The highest BCUT2D eigenvalue weighted by Crippen LogP contribution is 2.24. The van der Waals surface area contributed by atoms with E-state index in [-0.39, 0.29) is 0 Å². The normalized spacial score (nSPS) is 31.3. The van der Waals surface area contributed by atoms with Gasteiger partial charge in [0.05, 0.1) is 0 Å². The highest BCUT2D eigenvalue weighted by Gasteiger charge is 2.26. The minimum Gasteiger partial charge on any atom is -0.317 e. The Morgan fingerprint density at radius 1 is 0.947 bits per heavy atom. The van der Waals surface area contributed by atoms with E-state index in [1.165, 1.54) is 77.8 Å². The predicted molar refractivity (Wildman–Crippen MR) is 82.6 cm³/mol. The SMILES string of the molecule is CCCN1CCN(CC2CCCCCC2NC)CC1.